The summed E-state index contributed by atoms with van der Waals surface area (Å²) in [5.74, 6) is -1.34. The molecule has 6 heteroatoms. The van der Waals surface area contributed by atoms with Crippen molar-refractivity contribution < 1.29 is 14.3 Å². The number of carbonyl (C=O) groups is 1. The van der Waals surface area contributed by atoms with Gasteiger partial charge in [-0.3, -0.25) is 4.90 Å². The van der Waals surface area contributed by atoms with Gasteiger partial charge in [0.1, 0.15) is 17.2 Å². The molecule has 2 aliphatic heterocycles. The molecule has 1 aromatic rings. The van der Waals surface area contributed by atoms with E-state index in [9.17, 15) is 14.3 Å². The molecule has 0 amide bonds. The summed E-state index contributed by atoms with van der Waals surface area (Å²) in [7, 11) is 0. The topological polar surface area (TPSA) is 56.7 Å². The maximum absolute atomic E-state index is 13.2. The Bertz CT molecular complexity index is 532. The summed E-state index contributed by atoms with van der Waals surface area (Å²) in [4.78, 5) is 19.8. The summed E-state index contributed by atoms with van der Waals surface area (Å²) >= 11 is 0. The molecule has 1 atom stereocenters. The Morgan fingerprint density at radius 1 is 1.29 bits per heavy atom. The number of halogens is 1. The van der Waals surface area contributed by atoms with Gasteiger partial charge in [0.05, 0.1) is 6.20 Å². The lowest BCUT2D eigenvalue weighted by molar-refractivity contribution is 0.0696. The van der Waals surface area contributed by atoms with Crippen molar-refractivity contribution in [1.29, 1.82) is 0 Å². The summed E-state index contributed by atoms with van der Waals surface area (Å²) in [5.41, 5.74) is -0.0469. The van der Waals surface area contributed by atoms with Crippen LogP contribution in [0.5, 0.6) is 0 Å². The van der Waals surface area contributed by atoms with E-state index in [2.05, 4.69) is 9.88 Å². The van der Waals surface area contributed by atoms with Crippen LogP contribution in [0.25, 0.3) is 0 Å². The van der Waals surface area contributed by atoms with E-state index >= 15 is 0 Å². The maximum atomic E-state index is 13.2. The van der Waals surface area contributed by atoms with Gasteiger partial charge in [0, 0.05) is 19.1 Å². The highest BCUT2D eigenvalue weighted by atomic mass is 19.1. The number of nitrogens with zero attached hydrogens (tertiary/aromatic N) is 3. The minimum atomic E-state index is -1.13. The third-order valence-electron chi connectivity index (χ3n) is 4.43. The Morgan fingerprint density at radius 3 is 2.76 bits per heavy atom. The van der Waals surface area contributed by atoms with E-state index in [1.807, 2.05) is 4.90 Å². The monoisotopic (exact) mass is 293 g/mol. The van der Waals surface area contributed by atoms with Gasteiger partial charge in [0.2, 0.25) is 0 Å². The SMILES string of the molecule is O=C(O)c1cc(F)cnc1N1CCC(N2CCCCC2)C1. The number of hydrogen-bond acceptors (Lipinski definition) is 4. The predicted molar refractivity (Wildman–Crippen MR) is 77.2 cm³/mol. The Kier molecular flexibility index (Phi) is 4.05. The Morgan fingerprint density at radius 2 is 2.05 bits per heavy atom. The number of pyridine rings is 1. The van der Waals surface area contributed by atoms with E-state index in [1.165, 1.54) is 19.3 Å². The number of piperidine rings is 1. The fourth-order valence-corrected chi connectivity index (χ4v) is 3.36. The predicted octanol–water partition coefficient (Wildman–Crippen LogP) is 1.98. The van der Waals surface area contributed by atoms with Crippen LogP contribution in [-0.2, 0) is 0 Å². The first-order valence-corrected chi connectivity index (χ1v) is 7.53. The zero-order valence-electron chi connectivity index (χ0n) is 12.0. The quantitative estimate of drug-likeness (QED) is 0.923. The molecule has 3 heterocycles. The second-order valence-electron chi connectivity index (χ2n) is 5.81. The van der Waals surface area contributed by atoms with Gasteiger partial charge in [-0.25, -0.2) is 14.2 Å². The normalized spacial score (nSPS) is 23.5. The maximum Gasteiger partial charge on any atom is 0.339 e. The average molecular weight is 293 g/mol. The molecule has 1 aromatic heterocycles. The number of likely N-dealkylation sites (tertiary alicyclic amines) is 1. The van der Waals surface area contributed by atoms with E-state index in [4.69, 9.17) is 0 Å². The van der Waals surface area contributed by atoms with E-state index in [0.717, 1.165) is 44.9 Å². The Balaban J connectivity index is 1.75. The minimum absolute atomic E-state index is 0.0469. The highest BCUT2D eigenvalue weighted by Gasteiger charge is 2.31. The van der Waals surface area contributed by atoms with Crippen molar-refractivity contribution in [1.82, 2.24) is 9.88 Å². The largest absolute Gasteiger partial charge is 0.478 e. The fraction of sp³-hybridized carbons (Fsp3) is 0.600. The van der Waals surface area contributed by atoms with E-state index in [-0.39, 0.29) is 5.56 Å². The van der Waals surface area contributed by atoms with Gasteiger partial charge in [-0.15, -0.1) is 0 Å². The van der Waals surface area contributed by atoms with Crippen molar-refractivity contribution in [2.24, 2.45) is 0 Å². The summed E-state index contributed by atoms with van der Waals surface area (Å²) in [6.45, 7) is 3.81. The summed E-state index contributed by atoms with van der Waals surface area (Å²) in [6.07, 6.45) is 5.89. The van der Waals surface area contributed by atoms with E-state index in [0.29, 0.717) is 11.9 Å². The lowest BCUT2D eigenvalue weighted by atomic mass is 10.1. The smallest absolute Gasteiger partial charge is 0.339 e. The van der Waals surface area contributed by atoms with Crippen LogP contribution >= 0.6 is 0 Å². The standard InChI is InChI=1S/C15H20FN3O2/c16-11-8-13(15(20)21)14(17-9-11)19-7-4-12(10-19)18-5-2-1-3-6-18/h8-9,12H,1-7,10H2,(H,20,21). The van der Waals surface area contributed by atoms with Gasteiger partial charge in [0.25, 0.3) is 0 Å². The number of anilines is 1. The van der Waals surface area contributed by atoms with Crippen molar-refractivity contribution in [2.75, 3.05) is 31.1 Å². The first-order chi connectivity index (χ1) is 10.1. The second kappa shape index (κ2) is 5.97. The molecule has 114 valence electrons. The molecular weight excluding hydrogens is 273 g/mol. The first-order valence-electron chi connectivity index (χ1n) is 7.53. The zero-order valence-corrected chi connectivity index (χ0v) is 12.0. The summed E-state index contributed by atoms with van der Waals surface area (Å²) < 4.78 is 13.2. The second-order valence-corrected chi connectivity index (χ2v) is 5.81. The van der Waals surface area contributed by atoms with Crippen molar-refractivity contribution >= 4 is 11.8 Å². The van der Waals surface area contributed by atoms with Crippen molar-refractivity contribution in [3.05, 3.63) is 23.6 Å². The molecule has 1 N–H and O–H groups in total. The third kappa shape index (κ3) is 3.00. The van der Waals surface area contributed by atoms with Crippen molar-refractivity contribution in [2.45, 2.75) is 31.7 Å². The molecule has 0 saturated carbocycles. The molecule has 1 unspecified atom stereocenters. The Labute approximate surface area is 123 Å². The van der Waals surface area contributed by atoms with Crippen LogP contribution < -0.4 is 4.90 Å². The number of rotatable bonds is 3. The van der Waals surface area contributed by atoms with Crippen molar-refractivity contribution in [3.63, 3.8) is 0 Å². The van der Waals surface area contributed by atoms with Gasteiger partial charge < -0.3 is 10.0 Å². The van der Waals surface area contributed by atoms with Gasteiger partial charge in [0.15, 0.2) is 0 Å². The van der Waals surface area contributed by atoms with Gasteiger partial charge in [-0.2, -0.15) is 0 Å². The van der Waals surface area contributed by atoms with Crippen molar-refractivity contribution in [3.8, 4) is 0 Å². The number of aromatic nitrogens is 1. The molecule has 2 saturated heterocycles. The highest BCUT2D eigenvalue weighted by molar-refractivity contribution is 5.93. The van der Waals surface area contributed by atoms with E-state index in [1.54, 1.807) is 0 Å². The number of carboxylic acid groups (broad SMARTS) is 1. The van der Waals surface area contributed by atoms with Crippen LogP contribution in [0.3, 0.4) is 0 Å². The summed E-state index contributed by atoms with van der Waals surface area (Å²) in [6, 6.07) is 1.51. The molecule has 0 aliphatic carbocycles. The van der Waals surface area contributed by atoms with Crippen LogP contribution in [0, 0.1) is 5.82 Å². The molecule has 21 heavy (non-hydrogen) atoms. The molecule has 3 rings (SSSR count). The van der Waals surface area contributed by atoms with Crippen LogP contribution in [-0.4, -0.2) is 53.2 Å². The molecule has 2 fully saturated rings. The summed E-state index contributed by atoms with van der Waals surface area (Å²) in [5, 5.41) is 9.22. The first kappa shape index (κ1) is 14.3. The lowest BCUT2D eigenvalue weighted by Gasteiger charge is -2.32. The van der Waals surface area contributed by atoms with Crippen LogP contribution in [0.4, 0.5) is 10.2 Å². The fourth-order valence-electron chi connectivity index (χ4n) is 3.36. The van der Waals surface area contributed by atoms with Gasteiger partial charge in [-0.1, -0.05) is 6.42 Å². The number of hydrogen-bond donors (Lipinski definition) is 1. The highest BCUT2D eigenvalue weighted by Crippen LogP contribution is 2.26. The molecule has 0 radical (unpaired) electrons. The van der Waals surface area contributed by atoms with Gasteiger partial charge in [-0.05, 0) is 38.4 Å². The molecule has 0 spiro atoms. The molecular formula is C15H20FN3O2. The number of aromatic carboxylic acids is 1. The van der Waals surface area contributed by atoms with Crippen LogP contribution in [0.2, 0.25) is 0 Å². The molecule has 5 nitrogen and oxygen atoms in total. The Hall–Kier alpha value is -1.69. The van der Waals surface area contributed by atoms with Gasteiger partial charge >= 0.3 is 5.97 Å². The molecule has 0 bridgehead atoms. The molecule has 2 aliphatic rings. The third-order valence-corrected chi connectivity index (χ3v) is 4.43. The molecule has 0 aromatic carbocycles. The zero-order chi connectivity index (χ0) is 14.8. The minimum Gasteiger partial charge on any atom is -0.478 e. The number of carboxylic acids is 1. The van der Waals surface area contributed by atoms with Crippen LogP contribution in [0.15, 0.2) is 12.3 Å². The lowest BCUT2D eigenvalue weighted by Crippen LogP contribution is -2.41. The average Bonchev–Trinajstić information content (AvgIpc) is 2.97. The van der Waals surface area contributed by atoms with E-state index < -0.39 is 11.8 Å². The van der Waals surface area contributed by atoms with Crippen LogP contribution in [0.1, 0.15) is 36.0 Å².